The van der Waals surface area contributed by atoms with Crippen LogP contribution in [-0.2, 0) is 0 Å². The number of aromatic nitrogens is 9. The van der Waals surface area contributed by atoms with Crippen LogP contribution < -0.4 is 0 Å². The van der Waals surface area contributed by atoms with Gasteiger partial charge >= 0.3 is 0 Å². The smallest absolute Gasteiger partial charge is 0.164 e. The number of hydrogen-bond acceptors (Lipinski definition) is 12. The minimum Gasteiger partial charge on any atom is -0.456 e. The van der Waals surface area contributed by atoms with Gasteiger partial charge in [-0.3, -0.25) is 0 Å². The fourth-order valence-electron chi connectivity index (χ4n) is 19.1. The Morgan fingerprint density at radius 2 is 0.365 bits per heavy atom. The molecule has 0 atom stereocenters. The van der Waals surface area contributed by atoms with Gasteiger partial charge in [-0.15, -0.1) is 0 Å². The van der Waals surface area contributed by atoms with Gasteiger partial charge in [-0.1, -0.05) is 400 Å². The average molecular weight is 1750 g/mol. The third-order valence-corrected chi connectivity index (χ3v) is 25.8. The second-order valence-electron chi connectivity index (χ2n) is 34.1. The summed E-state index contributed by atoms with van der Waals surface area (Å²) in [6.45, 7) is 0. The largest absolute Gasteiger partial charge is 0.456 e. The van der Waals surface area contributed by atoms with Crippen molar-refractivity contribution in [1.82, 2.24) is 44.9 Å². The molecule has 27 aromatic rings. The van der Waals surface area contributed by atoms with E-state index in [1.807, 2.05) is 218 Å². The SMILES string of the molecule is c1ccc(-c2nc(-c3ccccc3)nc(-c3cccc4oc5ccc(-c6ccc(-c7ccccc7)c7ccccc67)cc5c34)n2)cc1.c1ccc(-c2nc(-c3ccccc3)nc(-c3cccc4oc5ccc(-c6ccc7c(ccc8ccccc87)c6)cc5c34)n2)cc1.c1ccc(-c2nc(-c3ccccc3)nc(-c3cccc4oc5ccc(-c6ccc7ccc8ccccc8c7c6)cc5c34)n2)cc1. The van der Waals surface area contributed by atoms with E-state index >= 15 is 0 Å². The van der Waals surface area contributed by atoms with E-state index in [9.17, 15) is 0 Å². The van der Waals surface area contributed by atoms with E-state index in [2.05, 4.69) is 249 Å². The zero-order valence-corrected chi connectivity index (χ0v) is 73.7. The van der Waals surface area contributed by atoms with E-state index in [1.54, 1.807) is 0 Å². The van der Waals surface area contributed by atoms with Crippen LogP contribution >= 0.6 is 0 Å². The van der Waals surface area contributed by atoms with Gasteiger partial charge in [-0.05, 0) is 165 Å². The molecule has 27 rings (SSSR count). The first-order chi connectivity index (χ1) is 67.9. The molecule has 0 radical (unpaired) electrons. The molecule has 640 valence electrons. The molecule has 0 aliphatic heterocycles. The molecule has 137 heavy (non-hydrogen) atoms. The van der Waals surface area contributed by atoms with Gasteiger partial charge in [0.2, 0.25) is 0 Å². The summed E-state index contributed by atoms with van der Waals surface area (Å²) in [7, 11) is 0. The van der Waals surface area contributed by atoms with Crippen molar-refractivity contribution >= 4 is 120 Å². The summed E-state index contributed by atoms with van der Waals surface area (Å²) in [5.41, 5.74) is 22.5. The van der Waals surface area contributed by atoms with Crippen LogP contribution in [0.1, 0.15) is 0 Å². The van der Waals surface area contributed by atoms with Crippen molar-refractivity contribution < 1.29 is 13.3 Å². The number of fused-ring (bicyclic) bond motifs is 16. The third kappa shape index (κ3) is 15.2. The summed E-state index contributed by atoms with van der Waals surface area (Å²) < 4.78 is 19.2. The van der Waals surface area contributed by atoms with Gasteiger partial charge in [0.05, 0.1) is 0 Å². The Labute approximate surface area is 786 Å². The van der Waals surface area contributed by atoms with Crippen LogP contribution in [0.15, 0.2) is 480 Å². The normalized spacial score (nSPS) is 11.5. The van der Waals surface area contributed by atoms with Crippen molar-refractivity contribution in [2.24, 2.45) is 0 Å². The summed E-state index contributed by atoms with van der Waals surface area (Å²) in [5, 5.41) is 18.4. The Bertz CT molecular complexity index is 9170. The molecular weight excluding hydrogens is 1680 g/mol. The van der Waals surface area contributed by atoms with E-state index in [0.717, 1.165) is 144 Å². The second-order valence-corrected chi connectivity index (χ2v) is 34.1. The summed E-state index contributed by atoms with van der Waals surface area (Å²) >= 11 is 0. The highest BCUT2D eigenvalue weighted by Crippen LogP contribution is 2.46. The molecule has 0 aliphatic carbocycles. The predicted octanol–water partition coefficient (Wildman–Crippen LogP) is 32.8. The first kappa shape index (κ1) is 80.4. The molecule has 6 heterocycles. The average Bonchev–Trinajstić information content (AvgIpc) is 1.61. The Hall–Kier alpha value is -18.7. The maximum atomic E-state index is 6.43. The van der Waals surface area contributed by atoms with Crippen LogP contribution in [0, 0.1) is 0 Å². The maximum absolute atomic E-state index is 6.43. The van der Waals surface area contributed by atoms with E-state index in [-0.39, 0.29) is 0 Å². The van der Waals surface area contributed by atoms with E-state index in [0.29, 0.717) is 52.4 Å². The number of nitrogens with zero attached hydrogens (tertiary/aromatic N) is 9. The maximum Gasteiger partial charge on any atom is 0.164 e. The van der Waals surface area contributed by atoms with Crippen LogP contribution in [0.2, 0.25) is 0 Å². The molecule has 0 N–H and O–H groups in total. The first-order valence-corrected chi connectivity index (χ1v) is 45.8. The van der Waals surface area contributed by atoms with Crippen LogP contribution in [0.4, 0.5) is 0 Å². The minimum absolute atomic E-state index is 0.606. The zero-order chi connectivity index (χ0) is 90.6. The topological polar surface area (TPSA) is 155 Å². The Morgan fingerprint density at radius 3 is 0.737 bits per heavy atom. The van der Waals surface area contributed by atoms with E-state index in [1.165, 1.54) is 70.6 Å². The quantitative estimate of drug-likeness (QED) is 0.101. The van der Waals surface area contributed by atoms with E-state index in [4.69, 9.17) is 58.1 Å². The monoisotopic (exact) mass is 1750 g/mol. The fourth-order valence-corrected chi connectivity index (χ4v) is 19.1. The Morgan fingerprint density at radius 1 is 0.117 bits per heavy atom. The molecular formula is C125H77N9O3. The molecule has 0 aliphatic rings. The van der Waals surface area contributed by atoms with E-state index < -0.39 is 0 Å². The van der Waals surface area contributed by atoms with Crippen molar-refractivity contribution in [1.29, 1.82) is 0 Å². The molecule has 0 saturated heterocycles. The molecule has 6 aromatic heterocycles. The minimum atomic E-state index is 0.606. The standard InChI is InChI=1S/C43H27N3O.2C41H25N3O/c1-4-13-28(14-5-1)32-24-25-33(35-20-11-10-19-34(32)35)31-23-26-38-37(27-31)40-36(21-12-22-39(40)47-38)43-45-41(29-15-6-2-7-16-29)44-42(46-43)30-17-8-3-9-18-30;1-3-11-27(12-4-1)39-42-40(28-13-5-2-6-14-28)44-41(43-39)34-16-9-17-37-38(34)35-25-30(21-23-36(35)45-37)29-20-22-33-31(24-29)19-18-26-10-7-8-15-32(26)33;1-3-11-28(12-4-1)39-42-40(29-13-5-2-6-14-29)44-41(43-39)33-16-9-17-37-38(33)35-25-31(22-23-36(35)45-37)30-21-20-27-19-18-26-10-7-8-15-32(26)34(27)24-30/h1-27H;2*1-25H. The summed E-state index contributed by atoms with van der Waals surface area (Å²) in [6, 6.07) is 161. The summed E-state index contributed by atoms with van der Waals surface area (Å²) in [6.07, 6.45) is 0. The number of rotatable bonds is 13. The molecule has 0 amide bonds. The van der Waals surface area contributed by atoms with Crippen LogP contribution in [0.5, 0.6) is 0 Å². The van der Waals surface area contributed by atoms with Crippen molar-refractivity contribution in [3.05, 3.63) is 467 Å². The summed E-state index contributed by atoms with van der Waals surface area (Å²) in [4.78, 5) is 44.8. The molecule has 21 aromatic carbocycles. The van der Waals surface area contributed by atoms with Crippen molar-refractivity contribution in [2.75, 3.05) is 0 Å². The van der Waals surface area contributed by atoms with Crippen LogP contribution in [-0.4, -0.2) is 44.9 Å². The predicted molar refractivity (Wildman–Crippen MR) is 560 cm³/mol. The lowest BCUT2D eigenvalue weighted by Gasteiger charge is -2.12. The highest BCUT2D eigenvalue weighted by Gasteiger charge is 2.25. The third-order valence-electron chi connectivity index (χ3n) is 25.8. The van der Waals surface area contributed by atoms with Gasteiger partial charge in [0.25, 0.3) is 0 Å². The summed E-state index contributed by atoms with van der Waals surface area (Å²) in [5.74, 6) is 5.62. The van der Waals surface area contributed by atoms with Gasteiger partial charge in [0.15, 0.2) is 52.4 Å². The first-order valence-electron chi connectivity index (χ1n) is 45.8. The Balaban J connectivity index is 0.000000109. The highest BCUT2D eigenvalue weighted by molar-refractivity contribution is 6.18. The molecule has 0 bridgehead atoms. The molecule has 12 nitrogen and oxygen atoms in total. The van der Waals surface area contributed by atoms with Crippen molar-refractivity contribution in [2.45, 2.75) is 0 Å². The number of benzene rings is 21. The lowest BCUT2D eigenvalue weighted by Crippen LogP contribution is -2.00. The van der Waals surface area contributed by atoms with Gasteiger partial charge in [0.1, 0.15) is 33.5 Å². The lowest BCUT2D eigenvalue weighted by molar-refractivity contribution is 0.668. The Kier molecular flexibility index (Phi) is 20.3. The molecule has 12 heteroatoms. The van der Waals surface area contributed by atoms with Crippen LogP contribution in [0.25, 0.3) is 267 Å². The van der Waals surface area contributed by atoms with Gasteiger partial charge in [-0.2, -0.15) is 0 Å². The van der Waals surface area contributed by atoms with Gasteiger partial charge in [0, 0.05) is 82.4 Å². The van der Waals surface area contributed by atoms with Gasteiger partial charge in [-0.25, -0.2) is 44.9 Å². The fraction of sp³-hybridized carbons (Fsp3) is 0. The second kappa shape index (κ2) is 34.6. The molecule has 0 unspecified atom stereocenters. The number of furan rings is 3. The highest BCUT2D eigenvalue weighted by atomic mass is 16.3. The zero-order valence-electron chi connectivity index (χ0n) is 73.7. The van der Waals surface area contributed by atoms with Crippen molar-refractivity contribution in [3.8, 4) is 147 Å². The van der Waals surface area contributed by atoms with Crippen molar-refractivity contribution in [3.63, 3.8) is 0 Å². The van der Waals surface area contributed by atoms with Gasteiger partial charge < -0.3 is 13.3 Å². The lowest BCUT2D eigenvalue weighted by atomic mass is 9.91. The number of hydrogen-bond donors (Lipinski definition) is 0. The molecule has 0 spiro atoms. The molecule has 0 saturated carbocycles. The molecule has 0 fully saturated rings. The van der Waals surface area contributed by atoms with Crippen LogP contribution in [0.3, 0.4) is 0 Å².